The molecular formula is C29H38N2O5. The Bertz CT molecular complexity index is 1120. The molecule has 36 heavy (non-hydrogen) atoms. The first-order chi connectivity index (χ1) is 17.1. The molecule has 7 heteroatoms. The number of likely N-dealkylation sites (tertiary alicyclic amines) is 1. The molecule has 0 radical (unpaired) electrons. The van der Waals surface area contributed by atoms with Crippen LogP contribution in [0.15, 0.2) is 48.0 Å². The molecule has 1 amide bonds. The molecule has 1 atom stereocenters. The summed E-state index contributed by atoms with van der Waals surface area (Å²) in [6.45, 7) is 10.1. The van der Waals surface area contributed by atoms with Crippen LogP contribution in [0.25, 0.3) is 5.76 Å². The third kappa shape index (κ3) is 6.08. The highest BCUT2D eigenvalue weighted by Gasteiger charge is 2.46. The molecule has 1 aliphatic heterocycles. The molecule has 0 aromatic heterocycles. The Morgan fingerprint density at radius 2 is 1.81 bits per heavy atom. The van der Waals surface area contributed by atoms with Gasteiger partial charge in [0.2, 0.25) is 0 Å². The Hall–Kier alpha value is -3.32. The number of amides is 1. The van der Waals surface area contributed by atoms with Crippen molar-refractivity contribution in [1.29, 1.82) is 0 Å². The summed E-state index contributed by atoms with van der Waals surface area (Å²) in [6, 6.07) is 11.9. The summed E-state index contributed by atoms with van der Waals surface area (Å²) < 4.78 is 11.7. The number of carbonyl (C=O) groups is 2. The summed E-state index contributed by atoms with van der Waals surface area (Å²) in [5, 5.41) is 11.4. The first-order valence-corrected chi connectivity index (χ1v) is 12.5. The van der Waals surface area contributed by atoms with E-state index in [0.29, 0.717) is 49.0 Å². The van der Waals surface area contributed by atoms with E-state index in [2.05, 4.69) is 13.8 Å². The van der Waals surface area contributed by atoms with Gasteiger partial charge in [-0.2, -0.15) is 0 Å². The van der Waals surface area contributed by atoms with Crippen LogP contribution in [-0.4, -0.2) is 67.0 Å². The number of ketones is 1. The number of para-hydroxylation sites is 1. The van der Waals surface area contributed by atoms with Crippen molar-refractivity contribution >= 4 is 17.4 Å². The van der Waals surface area contributed by atoms with Gasteiger partial charge in [-0.3, -0.25) is 9.59 Å². The zero-order chi connectivity index (χ0) is 26.4. The summed E-state index contributed by atoms with van der Waals surface area (Å²) in [4.78, 5) is 30.1. The molecule has 0 spiro atoms. The van der Waals surface area contributed by atoms with E-state index in [1.807, 2.05) is 57.1 Å². The van der Waals surface area contributed by atoms with Crippen LogP contribution in [0, 0.1) is 12.8 Å². The molecule has 1 saturated heterocycles. The highest BCUT2D eigenvalue weighted by atomic mass is 16.5. The second-order valence-electron chi connectivity index (χ2n) is 9.81. The zero-order valence-corrected chi connectivity index (χ0v) is 22.2. The molecule has 0 saturated carbocycles. The quantitative estimate of drug-likeness (QED) is 0.275. The lowest BCUT2D eigenvalue weighted by atomic mass is 9.94. The van der Waals surface area contributed by atoms with Gasteiger partial charge in [0.05, 0.1) is 24.8 Å². The van der Waals surface area contributed by atoms with Gasteiger partial charge in [0.15, 0.2) is 0 Å². The lowest BCUT2D eigenvalue weighted by Gasteiger charge is -2.27. The van der Waals surface area contributed by atoms with E-state index in [-0.39, 0.29) is 11.3 Å². The van der Waals surface area contributed by atoms with Gasteiger partial charge >= 0.3 is 0 Å². The minimum Gasteiger partial charge on any atom is -0.507 e. The molecule has 194 valence electrons. The van der Waals surface area contributed by atoms with Gasteiger partial charge in [-0.25, -0.2) is 0 Å². The first kappa shape index (κ1) is 27.3. The second kappa shape index (κ2) is 12.1. The Labute approximate surface area is 214 Å². The topological polar surface area (TPSA) is 79.3 Å². The summed E-state index contributed by atoms with van der Waals surface area (Å²) in [5.74, 6) is 0.197. The molecule has 0 bridgehead atoms. The van der Waals surface area contributed by atoms with Crippen LogP contribution < -0.4 is 9.47 Å². The Morgan fingerprint density at radius 3 is 2.44 bits per heavy atom. The predicted molar refractivity (Wildman–Crippen MR) is 141 cm³/mol. The van der Waals surface area contributed by atoms with Crippen LogP contribution in [0.2, 0.25) is 0 Å². The average molecular weight is 495 g/mol. The Balaban J connectivity index is 2.09. The minimum atomic E-state index is -0.743. The number of nitrogens with zero attached hydrogens (tertiary/aromatic N) is 2. The van der Waals surface area contributed by atoms with Crippen LogP contribution in [0.1, 0.15) is 49.9 Å². The number of hydrogen-bond acceptors (Lipinski definition) is 6. The van der Waals surface area contributed by atoms with Gasteiger partial charge in [-0.1, -0.05) is 32.0 Å². The molecule has 2 aromatic carbocycles. The molecule has 0 aliphatic carbocycles. The van der Waals surface area contributed by atoms with Crippen LogP contribution >= 0.6 is 0 Å². The van der Waals surface area contributed by atoms with Gasteiger partial charge in [-0.15, -0.1) is 0 Å². The Kier molecular flexibility index (Phi) is 9.15. The predicted octanol–water partition coefficient (Wildman–Crippen LogP) is 4.80. The van der Waals surface area contributed by atoms with Crippen molar-refractivity contribution in [2.45, 2.75) is 40.2 Å². The highest BCUT2D eigenvalue weighted by molar-refractivity contribution is 6.46. The number of aliphatic hydroxyl groups excluding tert-OH is 1. The van der Waals surface area contributed by atoms with Gasteiger partial charge in [-0.05, 0) is 76.7 Å². The van der Waals surface area contributed by atoms with Crippen LogP contribution in [-0.2, 0) is 9.59 Å². The maximum Gasteiger partial charge on any atom is 0.295 e. The van der Waals surface area contributed by atoms with Crippen LogP contribution in [0.3, 0.4) is 0 Å². The van der Waals surface area contributed by atoms with Gasteiger partial charge in [0, 0.05) is 17.7 Å². The van der Waals surface area contributed by atoms with Crippen molar-refractivity contribution in [2.24, 2.45) is 5.92 Å². The number of aliphatic hydroxyl groups is 1. The van der Waals surface area contributed by atoms with Crippen molar-refractivity contribution in [1.82, 2.24) is 9.80 Å². The number of rotatable bonds is 11. The normalized spacial score (nSPS) is 17.3. The van der Waals surface area contributed by atoms with Gasteiger partial charge in [0.1, 0.15) is 17.3 Å². The van der Waals surface area contributed by atoms with E-state index in [1.54, 1.807) is 23.1 Å². The van der Waals surface area contributed by atoms with Crippen LogP contribution in [0.5, 0.6) is 11.5 Å². The first-order valence-electron chi connectivity index (χ1n) is 12.5. The summed E-state index contributed by atoms with van der Waals surface area (Å²) in [7, 11) is 3.93. The van der Waals surface area contributed by atoms with Crippen molar-refractivity contribution < 1.29 is 24.2 Å². The minimum absolute atomic E-state index is 0.0762. The number of hydrogen-bond donors (Lipinski definition) is 1. The third-order valence-electron chi connectivity index (χ3n) is 6.08. The fourth-order valence-electron chi connectivity index (χ4n) is 4.36. The molecular weight excluding hydrogens is 456 g/mol. The van der Waals surface area contributed by atoms with Crippen molar-refractivity contribution in [3.05, 3.63) is 64.7 Å². The van der Waals surface area contributed by atoms with Gasteiger partial charge < -0.3 is 24.4 Å². The summed E-state index contributed by atoms with van der Waals surface area (Å²) in [5.41, 5.74) is 2.06. The maximum atomic E-state index is 13.3. The number of carbonyl (C=O) groups excluding carboxylic acids is 2. The highest BCUT2D eigenvalue weighted by Crippen LogP contribution is 2.43. The number of benzene rings is 2. The largest absolute Gasteiger partial charge is 0.507 e. The van der Waals surface area contributed by atoms with Crippen molar-refractivity contribution in [3.8, 4) is 11.5 Å². The molecule has 1 unspecified atom stereocenters. The molecule has 7 nitrogen and oxygen atoms in total. The molecule has 1 heterocycles. The molecule has 1 fully saturated rings. The second-order valence-corrected chi connectivity index (χ2v) is 9.81. The fraction of sp³-hybridized carbons (Fsp3) is 0.448. The summed E-state index contributed by atoms with van der Waals surface area (Å²) >= 11 is 0. The van der Waals surface area contributed by atoms with E-state index in [1.165, 1.54) is 0 Å². The molecule has 1 aliphatic rings. The van der Waals surface area contributed by atoms with Crippen molar-refractivity contribution in [2.75, 3.05) is 40.4 Å². The Morgan fingerprint density at radius 1 is 1.08 bits per heavy atom. The van der Waals surface area contributed by atoms with Gasteiger partial charge in [0.25, 0.3) is 11.7 Å². The number of ether oxygens (including phenoxy) is 2. The third-order valence-corrected chi connectivity index (χ3v) is 6.08. The number of aryl methyl sites for hydroxylation is 1. The smallest absolute Gasteiger partial charge is 0.295 e. The fourth-order valence-corrected chi connectivity index (χ4v) is 4.36. The van der Waals surface area contributed by atoms with E-state index < -0.39 is 17.7 Å². The SMILES string of the molecule is CCOc1ccccc1C1/C(=C(\O)c2ccc(OCC(C)C)c(C)c2)C(=O)C(=O)N1CCCN(C)C. The van der Waals surface area contributed by atoms with Crippen LogP contribution in [0.4, 0.5) is 0 Å². The summed E-state index contributed by atoms with van der Waals surface area (Å²) in [6.07, 6.45) is 0.689. The lowest BCUT2D eigenvalue weighted by molar-refractivity contribution is -0.140. The molecule has 3 rings (SSSR count). The van der Waals surface area contributed by atoms with Crippen molar-refractivity contribution in [3.63, 3.8) is 0 Å². The number of Topliss-reactive ketones (excluding diaryl/α,β-unsaturated/α-hetero) is 1. The van der Waals surface area contributed by atoms with E-state index in [4.69, 9.17) is 9.47 Å². The lowest BCUT2D eigenvalue weighted by Crippen LogP contribution is -2.32. The van der Waals surface area contributed by atoms with E-state index >= 15 is 0 Å². The van der Waals surface area contributed by atoms with E-state index in [0.717, 1.165) is 17.9 Å². The molecule has 2 aromatic rings. The van der Waals surface area contributed by atoms with E-state index in [9.17, 15) is 14.7 Å². The average Bonchev–Trinajstić information content (AvgIpc) is 3.08. The zero-order valence-electron chi connectivity index (χ0n) is 22.2. The standard InChI is InChI=1S/C29H38N2O5/c1-7-35-24-12-9-8-11-22(24)26-25(28(33)29(34)31(26)16-10-15-30(5)6)27(32)21-13-14-23(20(4)17-21)36-18-19(2)3/h8-9,11-14,17,19,26,32H,7,10,15-16,18H2,1-6H3/b27-25+. The maximum absolute atomic E-state index is 13.3. The monoisotopic (exact) mass is 494 g/mol. The molecule has 1 N–H and O–H groups in total.